The van der Waals surface area contributed by atoms with Crippen LogP contribution in [0.3, 0.4) is 0 Å². The highest BCUT2D eigenvalue weighted by atomic mass is 79.9. The van der Waals surface area contributed by atoms with Crippen molar-refractivity contribution in [1.82, 2.24) is 4.90 Å². The number of piperazine rings is 1. The summed E-state index contributed by atoms with van der Waals surface area (Å²) in [6.45, 7) is 4.57. The summed E-state index contributed by atoms with van der Waals surface area (Å²) in [6, 6.07) is 22.2. The zero-order valence-corrected chi connectivity index (χ0v) is 15.8. The van der Waals surface area contributed by atoms with Gasteiger partial charge in [0.15, 0.2) is 0 Å². The maximum Gasteiger partial charge on any atom is 0.127 e. The molecule has 1 saturated heterocycles. The van der Waals surface area contributed by atoms with E-state index in [4.69, 9.17) is 0 Å². The summed E-state index contributed by atoms with van der Waals surface area (Å²) in [5.41, 5.74) is 2.07. The highest BCUT2D eigenvalue weighted by molar-refractivity contribution is 8.93. The second kappa shape index (κ2) is 7.98. The molecule has 0 aliphatic carbocycles. The van der Waals surface area contributed by atoms with Crippen molar-refractivity contribution in [3.63, 3.8) is 0 Å². The quantitative estimate of drug-likeness (QED) is 0.617. The molecule has 1 aliphatic rings. The fourth-order valence-corrected chi connectivity index (χ4v) is 3.41. The fourth-order valence-electron chi connectivity index (χ4n) is 3.41. The molecule has 1 aliphatic heterocycles. The minimum Gasteiger partial charge on any atom is -0.369 e. The summed E-state index contributed by atoms with van der Waals surface area (Å²) in [5.74, 6) is -0.102. The number of hydrogen-bond donors (Lipinski definition) is 0. The van der Waals surface area contributed by atoms with Crippen LogP contribution < -0.4 is 4.90 Å². The Kier molecular flexibility index (Phi) is 5.71. The van der Waals surface area contributed by atoms with Crippen LogP contribution >= 0.6 is 17.0 Å². The molecule has 130 valence electrons. The van der Waals surface area contributed by atoms with Gasteiger partial charge in [0.1, 0.15) is 5.82 Å². The molecule has 25 heavy (non-hydrogen) atoms. The lowest BCUT2D eigenvalue weighted by Crippen LogP contribution is -2.46. The number of anilines is 1. The lowest BCUT2D eigenvalue weighted by atomic mass is 10.1. The van der Waals surface area contributed by atoms with Gasteiger partial charge in [-0.15, -0.1) is 17.0 Å². The van der Waals surface area contributed by atoms with Crippen molar-refractivity contribution < 1.29 is 4.39 Å². The lowest BCUT2D eigenvalue weighted by molar-refractivity contribution is 0.246. The van der Waals surface area contributed by atoms with Gasteiger partial charge in [-0.25, -0.2) is 4.39 Å². The molecule has 3 aromatic rings. The average molecular weight is 401 g/mol. The first-order valence-corrected chi connectivity index (χ1v) is 8.49. The van der Waals surface area contributed by atoms with Gasteiger partial charge in [0.2, 0.25) is 0 Å². The summed E-state index contributed by atoms with van der Waals surface area (Å²) in [6.07, 6.45) is 0. The Morgan fingerprint density at radius 1 is 0.760 bits per heavy atom. The van der Waals surface area contributed by atoms with Crippen molar-refractivity contribution in [3.05, 3.63) is 78.1 Å². The van der Waals surface area contributed by atoms with E-state index in [9.17, 15) is 4.39 Å². The number of hydrogen-bond acceptors (Lipinski definition) is 2. The van der Waals surface area contributed by atoms with Crippen molar-refractivity contribution >= 4 is 33.4 Å². The van der Waals surface area contributed by atoms with Gasteiger partial charge in [0, 0.05) is 44.0 Å². The first-order chi connectivity index (χ1) is 11.8. The number of benzene rings is 3. The zero-order chi connectivity index (χ0) is 16.4. The van der Waals surface area contributed by atoms with Crippen molar-refractivity contribution in [2.75, 3.05) is 31.1 Å². The Bertz CT molecular complexity index is 844. The average Bonchev–Trinajstić information content (AvgIpc) is 2.64. The SMILES string of the molecule is Br.Fc1ccccc1CN1CCN(c2ccc3ccccc3c2)CC1. The standard InChI is InChI=1S/C21H21FN2.BrH/c22-21-8-4-3-7-19(21)16-23-11-13-24(14-12-23)20-10-9-17-5-1-2-6-18(17)15-20;/h1-10,15H,11-14,16H2;1H. The smallest absolute Gasteiger partial charge is 0.127 e. The predicted molar refractivity (Wildman–Crippen MR) is 108 cm³/mol. The van der Waals surface area contributed by atoms with Gasteiger partial charge >= 0.3 is 0 Å². The summed E-state index contributed by atoms with van der Waals surface area (Å²) in [4.78, 5) is 4.75. The van der Waals surface area contributed by atoms with Crippen LogP contribution in [0.15, 0.2) is 66.7 Å². The summed E-state index contributed by atoms with van der Waals surface area (Å²) >= 11 is 0. The molecular formula is C21H22BrFN2. The van der Waals surface area contributed by atoms with E-state index in [0.717, 1.165) is 31.7 Å². The molecule has 0 N–H and O–H groups in total. The molecule has 0 radical (unpaired) electrons. The molecule has 0 atom stereocenters. The van der Waals surface area contributed by atoms with Gasteiger partial charge in [0.05, 0.1) is 0 Å². The molecule has 4 rings (SSSR count). The van der Waals surface area contributed by atoms with Crippen LogP contribution in [0.1, 0.15) is 5.56 Å². The third-order valence-electron chi connectivity index (χ3n) is 4.82. The normalized spacial score (nSPS) is 15.2. The third kappa shape index (κ3) is 4.02. The van der Waals surface area contributed by atoms with Gasteiger partial charge in [-0.05, 0) is 29.0 Å². The predicted octanol–water partition coefficient (Wildman–Crippen LogP) is 4.88. The molecule has 0 unspecified atom stereocenters. The molecule has 2 nitrogen and oxygen atoms in total. The number of halogens is 2. The first-order valence-electron chi connectivity index (χ1n) is 8.49. The molecule has 1 heterocycles. The number of fused-ring (bicyclic) bond motifs is 1. The third-order valence-corrected chi connectivity index (χ3v) is 4.82. The Morgan fingerprint density at radius 3 is 2.20 bits per heavy atom. The fraction of sp³-hybridized carbons (Fsp3) is 0.238. The van der Waals surface area contributed by atoms with E-state index in [1.165, 1.54) is 16.5 Å². The van der Waals surface area contributed by atoms with E-state index in [2.05, 4.69) is 52.3 Å². The maximum atomic E-state index is 13.8. The van der Waals surface area contributed by atoms with E-state index in [1.54, 1.807) is 12.1 Å². The van der Waals surface area contributed by atoms with Gasteiger partial charge in [0.25, 0.3) is 0 Å². The lowest BCUT2D eigenvalue weighted by Gasteiger charge is -2.36. The van der Waals surface area contributed by atoms with Crippen LogP contribution in [0.5, 0.6) is 0 Å². The van der Waals surface area contributed by atoms with Crippen molar-refractivity contribution in [2.45, 2.75) is 6.54 Å². The molecule has 0 saturated carbocycles. The number of nitrogens with zero attached hydrogens (tertiary/aromatic N) is 2. The van der Waals surface area contributed by atoms with E-state index in [0.29, 0.717) is 6.54 Å². The maximum absolute atomic E-state index is 13.8. The zero-order valence-electron chi connectivity index (χ0n) is 14.1. The van der Waals surface area contributed by atoms with E-state index in [1.807, 2.05) is 12.1 Å². The minimum atomic E-state index is -0.102. The molecule has 1 fully saturated rings. The first kappa shape index (κ1) is 17.9. The molecule has 0 amide bonds. The molecular weight excluding hydrogens is 379 g/mol. The van der Waals surface area contributed by atoms with Gasteiger partial charge in [-0.1, -0.05) is 48.5 Å². The van der Waals surface area contributed by atoms with Gasteiger partial charge in [-0.3, -0.25) is 4.90 Å². The molecule has 0 aromatic heterocycles. The van der Waals surface area contributed by atoms with Crippen molar-refractivity contribution in [2.24, 2.45) is 0 Å². The van der Waals surface area contributed by atoms with Gasteiger partial charge < -0.3 is 4.90 Å². The highest BCUT2D eigenvalue weighted by Gasteiger charge is 2.18. The van der Waals surface area contributed by atoms with Crippen LogP contribution in [-0.4, -0.2) is 31.1 Å². The highest BCUT2D eigenvalue weighted by Crippen LogP contribution is 2.23. The van der Waals surface area contributed by atoms with Crippen LogP contribution in [-0.2, 0) is 6.54 Å². The Labute approximate surface area is 158 Å². The molecule has 4 heteroatoms. The summed E-state index contributed by atoms with van der Waals surface area (Å²) < 4.78 is 13.8. The molecule has 0 spiro atoms. The Balaban J connectivity index is 0.00000182. The van der Waals surface area contributed by atoms with E-state index >= 15 is 0 Å². The minimum absolute atomic E-state index is 0. The van der Waals surface area contributed by atoms with Crippen LogP contribution in [0.25, 0.3) is 10.8 Å². The molecule has 3 aromatic carbocycles. The van der Waals surface area contributed by atoms with Crippen LogP contribution in [0.4, 0.5) is 10.1 Å². The largest absolute Gasteiger partial charge is 0.369 e. The monoisotopic (exact) mass is 400 g/mol. The van der Waals surface area contributed by atoms with E-state index in [-0.39, 0.29) is 22.8 Å². The molecule has 0 bridgehead atoms. The second-order valence-corrected chi connectivity index (χ2v) is 6.39. The Morgan fingerprint density at radius 2 is 1.44 bits per heavy atom. The van der Waals surface area contributed by atoms with Crippen molar-refractivity contribution in [1.29, 1.82) is 0 Å². The number of rotatable bonds is 3. The van der Waals surface area contributed by atoms with Gasteiger partial charge in [-0.2, -0.15) is 0 Å². The Hall–Kier alpha value is -1.91. The summed E-state index contributed by atoms with van der Waals surface area (Å²) in [5, 5.41) is 2.56. The summed E-state index contributed by atoms with van der Waals surface area (Å²) in [7, 11) is 0. The van der Waals surface area contributed by atoms with Crippen molar-refractivity contribution in [3.8, 4) is 0 Å². The van der Waals surface area contributed by atoms with Crippen LogP contribution in [0, 0.1) is 5.82 Å². The van der Waals surface area contributed by atoms with Crippen LogP contribution in [0.2, 0.25) is 0 Å². The second-order valence-electron chi connectivity index (χ2n) is 6.39. The van der Waals surface area contributed by atoms with E-state index < -0.39 is 0 Å². The topological polar surface area (TPSA) is 6.48 Å².